The molecule has 0 aromatic heterocycles. The molecule has 1 amide bonds. The molecule has 0 bridgehead atoms. The van der Waals surface area contributed by atoms with Gasteiger partial charge in [0.1, 0.15) is 5.69 Å². The smallest absolute Gasteiger partial charge is 0.285 e. The van der Waals surface area contributed by atoms with Gasteiger partial charge in [0.2, 0.25) is 10.4 Å². The minimum atomic E-state index is -4.41. The summed E-state index contributed by atoms with van der Waals surface area (Å²) in [6.07, 6.45) is 0. The van der Waals surface area contributed by atoms with E-state index in [9.17, 15) is 17.8 Å². The normalized spacial score (nSPS) is 11.4. The van der Waals surface area contributed by atoms with Gasteiger partial charge in [-0.3, -0.25) is 13.5 Å². The van der Waals surface area contributed by atoms with Gasteiger partial charge in [-0.15, -0.1) is 0 Å². The van der Waals surface area contributed by atoms with Gasteiger partial charge < -0.3 is 9.45 Å². The average Bonchev–Trinajstić information content (AvgIpc) is 2.38. The molecule has 0 aliphatic carbocycles. The molecule has 0 spiro atoms. The molecule has 0 atom stereocenters. The molecular formula is C13H22N2O5S2. The van der Waals surface area contributed by atoms with Gasteiger partial charge >= 0.3 is 0 Å². The van der Waals surface area contributed by atoms with Gasteiger partial charge in [-0.1, -0.05) is 6.07 Å². The maximum absolute atomic E-state index is 11.6. The second-order valence-corrected chi connectivity index (χ2v) is 7.52. The molecular weight excluding hydrogens is 328 g/mol. The first-order chi connectivity index (χ1) is 9.86. The minimum absolute atomic E-state index is 0.0542. The Labute approximate surface area is 136 Å². The lowest BCUT2D eigenvalue weighted by Gasteiger charge is -2.23. The Balaban J connectivity index is 0.000000626. The SMILES string of the molecule is CN(C)C(=O)Sc1cccc([N+](C)(C)C)c1.COS(=O)(=O)[O-]. The Morgan fingerprint density at radius 3 is 2.14 bits per heavy atom. The molecule has 1 aromatic carbocycles. The Morgan fingerprint density at radius 1 is 1.27 bits per heavy atom. The third kappa shape index (κ3) is 9.00. The van der Waals surface area contributed by atoms with Crippen LogP contribution >= 0.6 is 11.8 Å². The molecule has 1 rings (SSSR count). The number of quaternary nitrogens is 1. The zero-order valence-electron chi connectivity index (χ0n) is 13.6. The van der Waals surface area contributed by atoms with Crippen LogP contribution in [0.15, 0.2) is 29.2 Å². The molecule has 0 fully saturated rings. The monoisotopic (exact) mass is 350 g/mol. The highest BCUT2D eigenvalue weighted by Gasteiger charge is 2.14. The Bertz CT molecular complexity index is 595. The van der Waals surface area contributed by atoms with E-state index in [1.807, 2.05) is 12.1 Å². The molecule has 7 nitrogen and oxygen atoms in total. The van der Waals surface area contributed by atoms with E-state index in [0.717, 1.165) is 16.5 Å². The van der Waals surface area contributed by atoms with Crippen molar-refractivity contribution < 1.29 is 21.9 Å². The molecule has 0 saturated heterocycles. The summed E-state index contributed by atoms with van der Waals surface area (Å²) in [5.74, 6) is 0. The van der Waals surface area contributed by atoms with Crippen LogP contribution in [0.2, 0.25) is 0 Å². The lowest BCUT2D eigenvalue weighted by atomic mass is 10.3. The molecule has 0 aliphatic heterocycles. The largest absolute Gasteiger partial charge is 0.726 e. The van der Waals surface area contributed by atoms with Crippen molar-refractivity contribution in [2.75, 3.05) is 42.3 Å². The highest BCUT2D eigenvalue weighted by molar-refractivity contribution is 8.13. The van der Waals surface area contributed by atoms with Crippen LogP contribution < -0.4 is 4.48 Å². The Kier molecular flexibility index (Phi) is 8.05. The number of amides is 1. The number of carbonyl (C=O) groups is 1. The van der Waals surface area contributed by atoms with Crippen molar-refractivity contribution in [1.29, 1.82) is 0 Å². The number of rotatable bonds is 3. The third-order valence-corrected chi connectivity index (χ3v) is 3.80. The molecule has 0 saturated carbocycles. The first-order valence-electron chi connectivity index (χ1n) is 6.19. The standard InChI is InChI=1S/C12H19N2OS.CH4O4S/c1-13(2)12(15)16-11-8-6-7-10(9-11)14(3,4)5;1-5-6(2,3)4/h6-9H,1-5H3;1H3,(H,2,3,4)/q+1;/p-1. The zero-order valence-corrected chi connectivity index (χ0v) is 15.2. The maximum Gasteiger partial charge on any atom is 0.285 e. The first-order valence-corrected chi connectivity index (χ1v) is 8.34. The van der Waals surface area contributed by atoms with Gasteiger partial charge in [-0.25, -0.2) is 8.42 Å². The first kappa shape index (κ1) is 20.9. The van der Waals surface area contributed by atoms with Gasteiger partial charge in [0.25, 0.3) is 5.24 Å². The zero-order chi connectivity index (χ0) is 17.6. The van der Waals surface area contributed by atoms with Gasteiger partial charge in [-0.05, 0) is 23.9 Å². The summed E-state index contributed by atoms with van der Waals surface area (Å²) >= 11 is 1.26. The molecule has 0 unspecified atom stereocenters. The second-order valence-electron chi connectivity index (χ2n) is 5.35. The molecule has 0 aliphatic rings. The lowest BCUT2D eigenvalue weighted by Crippen LogP contribution is -2.34. The van der Waals surface area contributed by atoms with E-state index in [0.29, 0.717) is 0 Å². The Hall–Kier alpha value is -1.13. The van der Waals surface area contributed by atoms with Crippen molar-refractivity contribution in [3.63, 3.8) is 0 Å². The van der Waals surface area contributed by atoms with Crippen LogP contribution in [-0.4, -0.2) is 65.5 Å². The fourth-order valence-electron chi connectivity index (χ4n) is 1.16. The summed E-state index contributed by atoms with van der Waals surface area (Å²) in [5, 5.41) is 0.0542. The number of benzene rings is 1. The summed E-state index contributed by atoms with van der Waals surface area (Å²) in [6, 6.07) is 8.09. The number of thioether (sulfide) groups is 1. The van der Waals surface area contributed by atoms with Crippen molar-refractivity contribution in [2.45, 2.75) is 4.90 Å². The second kappa shape index (κ2) is 8.49. The molecule has 0 heterocycles. The van der Waals surface area contributed by atoms with Crippen molar-refractivity contribution >= 4 is 33.1 Å². The quantitative estimate of drug-likeness (QED) is 0.357. The molecule has 0 radical (unpaired) electrons. The van der Waals surface area contributed by atoms with Crippen molar-refractivity contribution in [1.82, 2.24) is 9.38 Å². The van der Waals surface area contributed by atoms with E-state index in [1.165, 1.54) is 17.4 Å². The third-order valence-electron chi connectivity index (χ3n) is 2.37. The highest BCUT2D eigenvalue weighted by atomic mass is 32.3. The highest BCUT2D eigenvalue weighted by Crippen LogP contribution is 2.26. The van der Waals surface area contributed by atoms with Gasteiger partial charge in [-0.2, -0.15) is 0 Å². The number of hydrogen-bond acceptors (Lipinski definition) is 6. The lowest BCUT2D eigenvalue weighted by molar-refractivity contribution is 0.241. The summed E-state index contributed by atoms with van der Waals surface area (Å²) in [5.41, 5.74) is 1.19. The van der Waals surface area contributed by atoms with Crippen LogP contribution in [-0.2, 0) is 14.6 Å². The molecule has 1 aromatic rings. The summed E-state index contributed by atoms with van der Waals surface area (Å²) in [6.45, 7) is 0. The fraction of sp³-hybridized carbons (Fsp3) is 0.462. The fourth-order valence-corrected chi connectivity index (χ4v) is 1.87. The topological polar surface area (TPSA) is 86.7 Å². The van der Waals surface area contributed by atoms with Crippen LogP contribution in [0.25, 0.3) is 0 Å². The summed E-state index contributed by atoms with van der Waals surface area (Å²) in [7, 11) is 6.25. The van der Waals surface area contributed by atoms with Crippen molar-refractivity contribution in [2.24, 2.45) is 0 Å². The van der Waals surface area contributed by atoms with Gasteiger partial charge in [0.05, 0.1) is 28.3 Å². The van der Waals surface area contributed by atoms with E-state index >= 15 is 0 Å². The van der Waals surface area contributed by atoms with Crippen LogP contribution in [0.3, 0.4) is 0 Å². The molecule has 126 valence electrons. The van der Waals surface area contributed by atoms with Crippen LogP contribution in [0.4, 0.5) is 10.5 Å². The van der Waals surface area contributed by atoms with E-state index in [2.05, 4.69) is 37.5 Å². The predicted octanol–water partition coefficient (Wildman–Crippen LogP) is 1.75. The molecule has 0 N–H and O–H groups in total. The summed E-state index contributed by atoms with van der Waals surface area (Å²) in [4.78, 5) is 14.1. The summed E-state index contributed by atoms with van der Waals surface area (Å²) < 4.78 is 31.8. The minimum Gasteiger partial charge on any atom is -0.726 e. The van der Waals surface area contributed by atoms with Crippen LogP contribution in [0, 0.1) is 0 Å². The Morgan fingerprint density at radius 2 is 1.77 bits per heavy atom. The number of carbonyl (C=O) groups excluding carboxylic acids is 1. The number of nitrogens with zero attached hydrogens (tertiary/aromatic N) is 2. The molecule has 9 heteroatoms. The van der Waals surface area contributed by atoms with Crippen LogP contribution in [0.1, 0.15) is 0 Å². The number of hydrogen-bond donors (Lipinski definition) is 0. The van der Waals surface area contributed by atoms with Crippen LogP contribution in [0.5, 0.6) is 0 Å². The molecule has 22 heavy (non-hydrogen) atoms. The van der Waals surface area contributed by atoms with E-state index < -0.39 is 10.4 Å². The van der Waals surface area contributed by atoms with E-state index in [1.54, 1.807) is 19.0 Å². The predicted molar refractivity (Wildman–Crippen MR) is 87.7 cm³/mol. The average molecular weight is 350 g/mol. The van der Waals surface area contributed by atoms with Crippen molar-refractivity contribution in [3.05, 3.63) is 24.3 Å². The van der Waals surface area contributed by atoms with Crippen molar-refractivity contribution in [3.8, 4) is 0 Å². The maximum atomic E-state index is 11.6. The van der Waals surface area contributed by atoms with Gasteiger partial charge in [0.15, 0.2) is 0 Å². The van der Waals surface area contributed by atoms with E-state index in [4.69, 9.17) is 0 Å². The van der Waals surface area contributed by atoms with E-state index in [-0.39, 0.29) is 5.24 Å². The van der Waals surface area contributed by atoms with Gasteiger partial charge in [0, 0.05) is 25.1 Å².